The monoisotopic (exact) mass is 269 g/mol. The van der Waals surface area contributed by atoms with Gasteiger partial charge in [-0.15, -0.1) is 0 Å². The Kier molecular flexibility index (Phi) is 2.56. The Balaban J connectivity index is 1.91. The van der Waals surface area contributed by atoms with Crippen LogP contribution in [0.25, 0.3) is 11.0 Å². The first-order valence-electron chi connectivity index (χ1n) is 6.90. The van der Waals surface area contributed by atoms with Crippen LogP contribution in [0.5, 0.6) is 0 Å². The third-order valence-electron chi connectivity index (χ3n) is 3.98. The van der Waals surface area contributed by atoms with E-state index >= 15 is 0 Å². The SMILES string of the molecule is N#Cc1ccc2c(c1)nc(C1CCCS1)n2C1CC1. The molecular formula is C15H15N3S. The molecule has 1 atom stereocenters. The summed E-state index contributed by atoms with van der Waals surface area (Å²) in [6.07, 6.45) is 5.09. The van der Waals surface area contributed by atoms with E-state index in [4.69, 9.17) is 10.2 Å². The highest BCUT2D eigenvalue weighted by atomic mass is 32.2. The second-order valence-corrected chi connectivity index (χ2v) is 6.70. The Morgan fingerprint density at radius 2 is 2.21 bits per heavy atom. The number of aromatic nitrogens is 2. The molecule has 1 saturated heterocycles. The molecule has 19 heavy (non-hydrogen) atoms. The van der Waals surface area contributed by atoms with Crippen LogP contribution in [0.1, 0.15) is 48.4 Å². The van der Waals surface area contributed by atoms with Crippen LogP contribution in [0, 0.1) is 11.3 Å². The molecule has 1 aromatic heterocycles. The maximum atomic E-state index is 9.02. The second-order valence-electron chi connectivity index (χ2n) is 5.39. The normalized spacial score (nSPS) is 22.8. The standard InChI is InChI=1S/C15H15N3S/c16-9-10-3-6-13-12(8-10)17-15(14-2-1-7-19-14)18(13)11-4-5-11/h3,6,8,11,14H,1-2,4-5,7H2. The molecule has 1 aliphatic carbocycles. The molecule has 1 aromatic carbocycles. The van der Waals surface area contributed by atoms with Gasteiger partial charge in [0.25, 0.3) is 0 Å². The second kappa shape index (κ2) is 4.28. The van der Waals surface area contributed by atoms with Gasteiger partial charge in [-0.05, 0) is 49.6 Å². The molecule has 3 nitrogen and oxygen atoms in total. The number of rotatable bonds is 2. The molecule has 2 fully saturated rings. The van der Waals surface area contributed by atoms with E-state index in [1.807, 2.05) is 23.9 Å². The van der Waals surface area contributed by atoms with Crippen LogP contribution in [-0.2, 0) is 0 Å². The molecule has 4 rings (SSSR count). The van der Waals surface area contributed by atoms with E-state index in [1.165, 1.54) is 42.8 Å². The van der Waals surface area contributed by atoms with Gasteiger partial charge in [0.1, 0.15) is 5.82 Å². The molecule has 0 spiro atoms. The summed E-state index contributed by atoms with van der Waals surface area (Å²) in [6, 6.07) is 8.77. The van der Waals surface area contributed by atoms with Gasteiger partial charge >= 0.3 is 0 Å². The maximum absolute atomic E-state index is 9.02. The Bertz CT molecular complexity index is 672. The number of nitriles is 1. The van der Waals surface area contributed by atoms with Crippen molar-refractivity contribution in [3.63, 3.8) is 0 Å². The van der Waals surface area contributed by atoms with Crippen LogP contribution >= 0.6 is 11.8 Å². The summed E-state index contributed by atoms with van der Waals surface area (Å²) in [5.74, 6) is 2.50. The fraction of sp³-hybridized carbons (Fsp3) is 0.467. The predicted molar refractivity (Wildman–Crippen MR) is 77.2 cm³/mol. The zero-order valence-corrected chi connectivity index (χ0v) is 11.5. The number of hydrogen-bond donors (Lipinski definition) is 0. The topological polar surface area (TPSA) is 41.6 Å². The van der Waals surface area contributed by atoms with Crippen molar-refractivity contribution in [2.75, 3.05) is 5.75 Å². The lowest BCUT2D eigenvalue weighted by molar-refractivity contribution is 0.671. The molecule has 0 amide bonds. The van der Waals surface area contributed by atoms with Crippen molar-refractivity contribution in [1.29, 1.82) is 5.26 Å². The summed E-state index contributed by atoms with van der Waals surface area (Å²) in [4.78, 5) is 4.86. The maximum Gasteiger partial charge on any atom is 0.123 e. The van der Waals surface area contributed by atoms with E-state index in [9.17, 15) is 0 Å². The fourth-order valence-corrected chi connectivity index (χ4v) is 4.18. The summed E-state index contributed by atoms with van der Waals surface area (Å²) in [7, 11) is 0. The number of imidazole rings is 1. The summed E-state index contributed by atoms with van der Waals surface area (Å²) >= 11 is 2.03. The van der Waals surface area contributed by atoms with Crippen LogP contribution in [0.15, 0.2) is 18.2 Å². The van der Waals surface area contributed by atoms with Gasteiger partial charge in [0.2, 0.25) is 0 Å². The van der Waals surface area contributed by atoms with Crippen LogP contribution < -0.4 is 0 Å². The van der Waals surface area contributed by atoms with Crippen molar-refractivity contribution in [3.8, 4) is 6.07 Å². The Morgan fingerprint density at radius 3 is 2.89 bits per heavy atom. The molecule has 1 aliphatic heterocycles. The molecular weight excluding hydrogens is 254 g/mol. The Hall–Kier alpha value is -1.47. The molecule has 0 N–H and O–H groups in total. The van der Waals surface area contributed by atoms with Gasteiger partial charge in [0, 0.05) is 6.04 Å². The van der Waals surface area contributed by atoms with Crippen molar-refractivity contribution in [1.82, 2.24) is 9.55 Å². The smallest absolute Gasteiger partial charge is 0.123 e. The molecule has 1 unspecified atom stereocenters. The van der Waals surface area contributed by atoms with E-state index in [0.29, 0.717) is 16.9 Å². The minimum absolute atomic E-state index is 0.554. The van der Waals surface area contributed by atoms with Crippen molar-refractivity contribution in [2.24, 2.45) is 0 Å². The minimum atomic E-state index is 0.554. The zero-order valence-electron chi connectivity index (χ0n) is 10.7. The van der Waals surface area contributed by atoms with E-state index in [0.717, 1.165) is 5.52 Å². The lowest BCUT2D eigenvalue weighted by Gasteiger charge is -2.12. The average molecular weight is 269 g/mol. The molecule has 2 aliphatic rings. The molecule has 0 bridgehead atoms. The number of hydrogen-bond acceptors (Lipinski definition) is 3. The Labute approximate surface area is 116 Å². The van der Waals surface area contributed by atoms with Crippen molar-refractivity contribution in [3.05, 3.63) is 29.6 Å². The van der Waals surface area contributed by atoms with Crippen molar-refractivity contribution >= 4 is 22.8 Å². The highest BCUT2D eigenvalue weighted by Crippen LogP contribution is 2.45. The summed E-state index contributed by atoms with van der Waals surface area (Å²) in [5, 5.41) is 9.57. The lowest BCUT2D eigenvalue weighted by atomic mass is 10.2. The molecule has 2 aromatic rings. The first-order chi connectivity index (χ1) is 9.36. The number of thioether (sulfide) groups is 1. The minimum Gasteiger partial charge on any atom is -0.324 e. The van der Waals surface area contributed by atoms with Gasteiger partial charge in [-0.3, -0.25) is 0 Å². The third kappa shape index (κ3) is 1.84. The quantitative estimate of drug-likeness (QED) is 0.832. The molecule has 2 heterocycles. The van der Waals surface area contributed by atoms with Crippen molar-refractivity contribution in [2.45, 2.75) is 37.0 Å². The number of nitrogens with zero attached hydrogens (tertiary/aromatic N) is 3. The predicted octanol–water partition coefficient (Wildman–Crippen LogP) is 3.81. The average Bonchev–Trinajstić information content (AvgIpc) is 3.01. The lowest BCUT2D eigenvalue weighted by Crippen LogP contribution is -2.03. The molecule has 0 radical (unpaired) electrons. The Morgan fingerprint density at radius 1 is 1.32 bits per heavy atom. The third-order valence-corrected chi connectivity index (χ3v) is 5.35. The first kappa shape index (κ1) is 11.4. The molecule has 96 valence electrons. The van der Waals surface area contributed by atoms with Crippen LogP contribution in [-0.4, -0.2) is 15.3 Å². The van der Waals surface area contributed by atoms with E-state index < -0.39 is 0 Å². The van der Waals surface area contributed by atoms with Gasteiger partial charge in [-0.1, -0.05) is 0 Å². The van der Waals surface area contributed by atoms with E-state index in [1.54, 1.807) is 0 Å². The summed E-state index contributed by atoms with van der Waals surface area (Å²) in [6.45, 7) is 0. The zero-order chi connectivity index (χ0) is 12.8. The highest BCUT2D eigenvalue weighted by Gasteiger charge is 2.32. The number of fused-ring (bicyclic) bond motifs is 1. The van der Waals surface area contributed by atoms with Gasteiger partial charge in [0.05, 0.1) is 27.9 Å². The fourth-order valence-electron chi connectivity index (χ4n) is 2.91. The van der Waals surface area contributed by atoms with E-state index in [2.05, 4.69) is 16.7 Å². The molecule has 4 heteroatoms. The van der Waals surface area contributed by atoms with E-state index in [-0.39, 0.29) is 0 Å². The van der Waals surface area contributed by atoms with Gasteiger partial charge in [-0.25, -0.2) is 4.98 Å². The molecule has 1 saturated carbocycles. The van der Waals surface area contributed by atoms with Gasteiger partial charge < -0.3 is 4.57 Å². The largest absolute Gasteiger partial charge is 0.324 e. The van der Waals surface area contributed by atoms with Gasteiger partial charge in [-0.2, -0.15) is 17.0 Å². The van der Waals surface area contributed by atoms with Crippen molar-refractivity contribution < 1.29 is 0 Å². The van der Waals surface area contributed by atoms with Crippen LogP contribution in [0.3, 0.4) is 0 Å². The van der Waals surface area contributed by atoms with Crippen LogP contribution in [0.2, 0.25) is 0 Å². The first-order valence-corrected chi connectivity index (χ1v) is 7.95. The van der Waals surface area contributed by atoms with Crippen LogP contribution in [0.4, 0.5) is 0 Å². The summed E-state index contributed by atoms with van der Waals surface area (Å²) < 4.78 is 2.44. The number of benzene rings is 1. The summed E-state index contributed by atoms with van der Waals surface area (Å²) in [5.41, 5.74) is 2.91. The highest BCUT2D eigenvalue weighted by molar-refractivity contribution is 7.99. The van der Waals surface area contributed by atoms with Gasteiger partial charge in [0.15, 0.2) is 0 Å².